The maximum atomic E-state index is 12.5. The number of aliphatic hydroxyl groups excluding tert-OH is 1. The van der Waals surface area contributed by atoms with E-state index in [-0.39, 0.29) is 5.91 Å². The molecule has 0 bridgehead atoms. The SMILES string of the molecule is CC(C)n1c[n+](C(C)C)c2cc(OCCCCN3C(=O)c4ccccc4C3O)ccc21. The molecule has 1 aromatic heterocycles. The van der Waals surface area contributed by atoms with Crippen molar-refractivity contribution in [2.45, 2.75) is 58.8 Å². The molecule has 4 rings (SSSR count). The lowest BCUT2D eigenvalue weighted by molar-refractivity contribution is -0.692. The van der Waals surface area contributed by atoms with Gasteiger partial charge in [-0.15, -0.1) is 0 Å². The van der Waals surface area contributed by atoms with Gasteiger partial charge >= 0.3 is 0 Å². The zero-order valence-electron chi connectivity index (χ0n) is 18.8. The summed E-state index contributed by atoms with van der Waals surface area (Å²) in [5.41, 5.74) is 3.68. The number of carbonyl (C=O) groups excluding carboxylic acids is 1. The number of nitrogens with zero attached hydrogens (tertiary/aromatic N) is 3. The van der Waals surface area contributed by atoms with E-state index in [1.807, 2.05) is 24.3 Å². The maximum Gasteiger partial charge on any atom is 0.256 e. The molecule has 2 heterocycles. The molecule has 31 heavy (non-hydrogen) atoms. The Morgan fingerprint density at radius 1 is 1.10 bits per heavy atom. The van der Waals surface area contributed by atoms with E-state index in [2.05, 4.69) is 55.3 Å². The van der Waals surface area contributed by atoms with Crippen molar-refractivity contribution in [1.29, 1.82) is 0 Å². The van der Waals surface area contributed by atoms with E-state index in [0.29, 0.717) is 36.4 Å². The number of fused-ring (bicyclic) bond motifs is 2. The fourth-order valence-corrected chi connectivity index (χ4v) is 4.25. The molecular weight excluding hydrogens is 390 g/mol. The van der Waals surface area contributed by atoms with Gasteiger partial charge in [0, 0.05) is 23.7 Å². The summed E-state index contributed by atoms with van der Waals surface area (Å²) in [5.74, 6) is 0.760. The summed E-state index contributed by atoms with van der Waals surface area (Å²) in [6.45, 7) is 9.84. The third-order valence-corrected chi connectivity index (χ3v) is 5.95. The second kappa shape index (κ2) is 8.71. The molecule has 1 aliphatic heterocycles. The first-order chi connectivity index (χ1) is 14.9. The van der Waals surface area contributed by atoms with E-state index in [1.54, 1.807) is 6.07 Å². The van der Waals surface area contributed by atoms with Crippen LogP contribution in [-0.2, 0) is 0 Å². The quantitative estimate of drug-likeness (QED) is 0.432. The molecule has 1 N–H and O–H groups in total. The minimum Gasteiger partial charge on any atom is -0.493 e. The number of hydrogen-bond donors (Lipinski definition) is 1. The molecule has 164 valence electrons. The minimum atomic E-state index is -0.844. The van der Waals surface area contributed by atoms with E-state index >= 15 is 0 Å². The zero-order valence-corrected chi connectivity index (χ0v) is 18.8. The normalized spacial score (nSPS) is 16.0. The highest BCUT2D eigenvalue weighted by Gasteiger charge is 2.34. The average Bonchev–Trinajstić information content (AvgIpc) is 3.25. The van der Waals surface area contributed by atoms with Crippen molar-refractivity contribution in [2.24, 2.45) is 0 Å². The summed E-state index contributed by atoms with van der Waals surface area (Å²) in [5, 5.41) is 10.4. The molecule has 3 aromatic rings. The van der Waals surface area contributed by atoms with Crippen molar-refractivity contribution in [1.82, 2.24) is 9.47 Å². The standard InChI is InChI=1S/C25H32N3O3/c1-17(2)27-16-28(18(3)4)23-15-19(11-12-22(23)27)31-14-8-7-13-26-24(29)20-9-5-6-10-21(20)25(26)30/h5-6,9-12,15-18,24,29H,7-8,13-14H2,1-4H3/q+1. The Labute approximate surface area is 183 Å². The summed E-state index contributed by atoms with van der Waals surface area (Å²) in [6, 6.07) is 14.3. The third-order valence-electron chi connectivity index (χ3n) is 5.95. The number of aliphatic hydroxyl groups is 1. The summed E-state index contributed by atoms with van der Waals surface area (Å²) in [7, 11) is 0. The lowest BCUT2D eigenvalue weighted by Gasteiger charge is -2.20. The highest BCUT2D eigenvalue weighted by molar-refractivity contribution is 5.98. The van der Waals surface area contributed by atoms with Gasteiger partial charge in [0.25, 0.3) is 5.91 Å². The van der Waals surface area contributed by atoms with Crippen LogP contribution in [0.4, 0.5) is 0 Å². The van der Waals surface area contributed by atoms with Gasteiger partial charge in [-0.2, -0.15) is 0 Å². The first-order valence-electron chi connectivity index (χ1n) is 11.1. The molecule has 0 spiro atoms. The van der Waals surface area contributed by atoms with Crippen LogP contribution in [0.15, 0.2) is 48.8 Å². The second-order valence-corrected chi connectivity index (χ2v) is 8.78. The molecular formula is C25H32N3O3+. The molecule has 0 aliphatic carbocycles. The van der Waals surface area contributed by atoms with Crippen LogP contribution in [0.5, 0.6) is 5.75 Å². The number of hydrogen-bond acceptors (Lipinski definition) is 3. The zero-order chi connectivity index (χ0) is 22.1. The van der Waals surface area contributed by atoms with Gasteiger partial charge in [0.2, 0.25) is 6.33 Å². The van der Waals surface area contributed by atoms with Crippen LogP contribution in [0.2, 0.25) is 0 Å². The van der Waals surface area contributed by atoms with Gasteiger partial charge < -0.3 is 14.7 Å². The highest BCUT2D eigenvalue weighted by Crippen LogP contribution is 2.31. The largest absolute Gasteiger partial charge is 0.493 e. The highest BCUT2D eigenvalue weighted by atomic mass is 16.5. The Balaban J connectivity index is 1.34. The fourth-order valence-electron chi connectivity index (χ4n) is 4.25. The predicted octanol–water partition coefficient (Wildman–Crippen LogP) is 4.40. The van der Waals surface area contributed by atoms with E-state index in [4.69, 9.17) is 4.74 Å². The molecule has 1 unspecified atom stereocenters. The van der Waals surface area contributed by atoms with Crippen LogP contribution in [0, 0.1) is 0 Å². The van der Waals surface area contributed by atoms with Crippen molar-refractivity contribution in [3.05, 3.63) is 59.9 Å². The van der Waals surface area contributed by atoms with Crippen LogP contribution < -0.4 is 9.30 Å². The molecule has 2 aromatic carbocycles. The number of imidazole rings is 1. The van der Waals surface area contributed by atoms with E-state index in [0.717, 1.165) is 18.6 Å². The first kappa shape index (κ1) is 21.4. The molecule has 6 heteroatoms. The predicted molar refractivity (Wildman–Crippen MR) is 120 cm³/mol. The van der Waals surface area contributed by atoms with Gasteiger partial charge in [0.15, 0.2) is 17.3 Å². The molecule has 0 fully saturated rings. The summed E-state index contributed by atoms with van der Waals surface area (Å²) < 4.78 is 10.6. The van der Waals surface area contributed by atoms with Gasteiger partial charge in [-0.1, -0.05) is 18.2 Å². The molecule has 6 nitrogen and oxygen atoms in total. The van der Waals surface area contributed by atoms with Crippen molar-refractivity contribution in [3.8, 4) is 5.75 Å². The Hall–Kier alpha value is -2.86. The van der Waals surface area contributed by atoms with Gasteiger partial charge in [-0.3, -0.25) is 4.79 Å². The monoisotopic (exact) mass is 422 g/mol. The number of unbranched alkanes of at least 4 members (excludes halogenated alkanes) is 1. The molecule has 0 saturated carbocycles. The van der Waals surface area contributed by atoms with E-state index in [1.165, 1.54) is 15.9 Å². The Morgan fingerprint density at radius 2 is 1.87 bits per heavy atom. The van der Waals surface area contributed by atoms with Crippen LogP contribution >= 0.6 is 0 Å². The number of aromatic nitrogens is 2. The Bertz CT molecular complexity index is 1090. The second-order valence-electron chi connectivity index (χ2n) is 8.78. The van der Waals surface area contributed by atoms with Crippen LogP contribution in [-0.4, -0.2) is 33.6 Å². The minimum absolute atomic E-state index is 0.0950. The van der Waals surface area contributed by atoms with Crippen LogP contribution in [0.3, 0.4) is 0 Å². The van der Waals surface area contributed by atoms with Gasteiger partial charge in [-0.25, -0.2) is 9.13 Å². The summed E-state index contributed by atoms with van der Waals surface area (Å²) in [6.07, 6.45) is 2.92. The Kier molecular flexibility index (Phi) is 6.01. The lowest BCUT2D eigenvalue weighted by Crippen LogP contribution is -2.34. The first-order valence-corrected chi connectivity index (χ1v) is 11.1. The smallest absolute Gasteiger partial charge is 0.256 e. The van der Waals surface area contributed by atoms with Crippen molar-refractivity contribution >= 4 is 16.9 Å². The Morgan fingerprint density at radius 3 is 2.58 bits per heavy atom. The van der Waals surface area contributed by atoms with Crippen molar-refractivity contribution < 1.29 is 19.2 Å². The van der Waals surface area contributed by atoms with Crippen molar-refractivity contribution in [3.63, 3.8) is 0 Å². The van der Waals surface area contributed by atoms with Gasteiger partial charge in [0.1, 0.15) is 5.75 Å². The van der Waals surface area contributed by atoms with E-state index < -0.39 is 6.23 Å². The lowest BCUT2D eigenvalue weighted by atomic mass is 10.1. The van der Waals surface area contributed by atoms with Gasteiger partial charge in [-0.05, 0) is 58.7 Å². The number of rotatable bonds is 8. The number of ether oxygens (including phenoxy) is 1. The summed E-state index contributed by atoms with van der Waals surface area (Å²) in [4.78, 5) is 14.0. The fraction of sp³-hybridized carbons (Fsp3) is 0.440. The number of carbonyl (C=O) groups is 1. The molecule has 0 saturated heterocycles. The van der Waals surface area contributed by atoms with Crippen LogP contribution in [0.1, 0.15) is 74.8 Å². The van der Waals surface area contributed by atoms with Crippen molar-refractivity contribution in [2.75, 3.05) is 13.2 Å². The average molecular weight is 423 g/mol. The summed E-state index contributed by atoms with van der Waals surface area (Å²) >= 11 is 0. The van der Waals surface area contributed by atoms with Gasteiger partial charge in [0.05, 0.1) is 18.7 Å². The maximum absolute atomic E-state index is 12.5. The van der Waals surface area contributed by atoms with Crippen LogP contribution in [0.25, 0.3) is 11.0 Å². The van der Waals surface area contributed by atoms with E-state index in [9.17, 15) is 9.90 Å². The topological polar surface area (TPSA) is 58.6 Å². The molecule has 1 amide bonds. The number of benzene rings is 2. The molecule has 1 atom stereocenters. The number of amides is 1. The molecule has 0 radical (unpaired) electrons. The molecule has 1 aliphatic rings. The third kappa shape index (κ3) is 4.04.